The number of hydrogen-bond donors (Lipinski definition) is 0. The molecule has 0 saturated carbocycles. The van der Waals surface area contributed by atoms with E-state index in [1.165, 1.54) is 6.08 Å². The van der Waals surface area contributed by atoms with E-state index in [0.717, 1.165) is 17.0 Å². The van der Waals surface area contributed by atoms with Gasteiger partial charge in [0.15, 0.2) is 0 Å². The molecule has 1 atom stereocenters. The maximum Gasteiger partial charge on any atom is 0.125 e. The molecule has 0 radical (unpaired) electrons. The van der Waals surface area contributed by atoms with E-state index >= 15 is 0 Å². The van der Waals surface area contributed by atoms with Gasteiger partial charge in [0.2, 0.25) is 0 Å². The SMILES string of the molecule is Cc1cc2c(n1C)CC(F)C=C2C#N. The molecule has 1 heterocycles. The summed E-state index contributed by atoms with van der Waals surface area (Å²) in [6, 6.07) is 3.98. The van der Waals surface area contributed by atoms with Crippen molar-refractivity contribution in [2.75, 3.05) is 0 Å². The summed E-state index contributed by atoms with van der Waals surface area (Å²) in [5.74, 6) is 0. The highest BCUT2D eigenvalue weighted by molar-refractivity contribution is 5.80. The quantitative estimate of drug-likeness (QED) is 0.616. The molecule has 1 aromatic heterocycles. The van der Waals surface area contributed by atoms with Crippen LogP contribution in [0, 0.1) is 18.3 Å². The average Bonchev–Trinajstić information content (AvgIpc) is 2.43. The smallest absolute Gasteiger partial charge is 0.125 e. The Morgan fingerprint density at radius 2 is 2.36 bits per heavy atom. The van der Waals surface area contributed by atoms with Gasteiger partial charge in [0.05, 0.1) is 11.6 Å². The van der Waals surface area contributed by atoms with Gasteiger partial charge in [-0.05, 0) is 19.1 Å². The van der Waals surface area contributed by atoms with Crippen LogP contribution in [-0.2, 0) is 13.5 Å². The third kappa shape index (κ3) is 1.15. The first-order valence-electron chi connectivity index (χ1n) is 4.55. The van der Waals surface area contributed by atoms with Gasteiger partial charge < -0.3 is 4.57 Å². The molecule has 14 heavy (non-hydrogen) atoms. The zero-order valence-corrected chi connectivity index (χ0v) is 8.21. The fraction of sp³-hybridized carbons (Fsp3) is 0.364. The summed E-state index contributed by atoms with van der Waals surface area (Å²) in [5.41, 5.74) is 3.34. The predicted molar refractivity (Wildman–Crippen MR) is 52.3 cm³/mol. The molecule has 0 spiro atoms. The number of aromatic nitrogens is 1. The largest absolute Gasteiger partial charge is 0.351 e. The van der Waals surface area contributed by atoms with Gasteiger partial charge in [-0.15, -0.1) is 0 Å². The van der Waals surface area contributed by atoms with E-state index in [4.69, 9.17) is 5.26 Å². The first-order chi connectivity index (χ1) is 6.63. The van der Waals surface area contributed by atoms with E-state index in [-0.39, 0.29) is 0 Å². The van der Waals surface area contributed by atoms with Crippen LogP contribution in [0.5, 0.6) is 0 Å². The highest BCUT2D eigenvalue weighted by Gasteiger charge is 2.22. The molecule has 1 aliphatic rings. The van der Waals surface area contributed by atoms with Gasteiger partial charge in [-0.1, -0.05) is 0 Å². The van der Waals surface area contributed by atoms with Crippen molar-refractivity contribution in [2.24, 2.45) is 7.05 Å². The van der Waals surface area contributed by atoms with Crippen LogP contribution >= 0.6 is 0 Å². The van der Waals surface area contributed by atoms with E-state index in [2.05, 4.69) is 0 Å². The molecule has 1 unspecified atom stereocenters. The van der Waals surface area contributed by atoms with Crippen molar-refractivity contribution in [2.45, 2.75) is 19.5 Å². The van der Waals surface area contributed by atoms with Crippen molar-refractivity contribution in [1.82, 2.24) is 4.57 Å². The molecule has 0 fully saturated rings. The summed E-state index contributed by atoms with van der Waals surface area (Å²) in [5, 5.41) is 8.86. The topological polar surface area (TPSA) is 28.7 Å². The van der Waals surface area contributed by atoms with E-state index < -0.39 is 6.17 Å². The highest BCUT2D eigenvalue weighted by atomic mass is 19.1. The van der Waals surface area contributed by atoms with Gasteiger partial charge in [-0.2, -0.15) is 5.26 Å². The number of allylic oxidation sites excluding steroid dienone is 2. The molecular weight excluding hydrogens is 179 g/mol. The number of halogens is 1. The first kappa shape index (κ1) is 9.01. The first-order valence-corrected chi connectivity index (χ1v) is 4.55. The summed E-state index contributed by atoms with van der Waals surface area (Å²) in [7, 11) is 1.90. The third-order valence-electron chi connectivity index (χ3n) is 2.74. The predicted octanol–water partition coefficient (Wildman–Crippen LogP) is 2.13. The Hall–Kier alpha value is -1.56. The maximum absolute atomic E-state index is 13.2. The van der Waals surface area contributed by atoms with Crippen LogP contribution in [0.25, 0.3) is 5.57 Å². The van der Waals surface area contributed by atoms with Gasteiger partial charge in [0, 0.05) is 30.4 Å². The zero-order valence-electron chi connectivity index (χ0n) is 8.21. The van der Waals surface area contributed by atoms with E-state index in [0.29, 0.717) is 12.0 Å². The van der Waals surface area contributed by atoms with Gasteiger partial charge in [0.25, 0.3) is 0 Å². The molecule has 2 nitrogen and oxygen atoms in total. The molecule has 1 aromatic rings. The lowest BCUT2D eigenvalue weighted by molar-refractivity contribution is 0.390. The number of alkyl halides is 1. The summed E-state index contributed by atoms with van der Waals surface area (Å²) in [6.45, 7) is 1.96. The van der Waals surface area contributed by atoms with Gasteiger partial charge in [0.1, 0.15) is 6.17 Å². The number of aryl methyl sites for hydroxylation is 1. The summed E-state index contributed by atoms with van der Waals surface area (Å²) in [6.07, 6.45) is 0.761. The molecule has 0 amide bonds. The number of nitriles is 1. The Morgan fingerprint density at radius 1 is 1.64 bits per heavy atom. The van der Waals surface area contributed by atoms with Crippen molar-refractivity contribution in [3.63, 3.8) is 0 Å². The Kier molecular flexibility index (Phi) is 1.92. The molecular formula is C11H11FN2. The normalized spacial score (nSPS) is 19.9. The molecule has 0 saturated heterocycles. The standard InChI is InChI=1S/C11H11FN2/c1-7-3-10-8(6-13)4-9(12)5-11(10)14(7)2/h3-4,9H,5H2,1-2H3. The molecule has 0 aliphatic heterocycles. The third-order valence-corrected chi connectivity index (χ3v) is 2.74. The second-order valence-corrected chi connectivity index (χ2v) is 3.62. The maximum atomic E-state index is 13.2. The van der Waals surface area contributed by atoms with E-state index in [1.807, 2.05) is 30.7 Å². The lowest BCUT2D eigenvalue weighted by atomic mass is 9.96. The Bertz CT molecular complexity index is 449. The van der Waals surface area contributed by atoms with Crippen LogP contribution in [0.15, 0.2) is 12.1 Å². The second-order valence-electron chi connectivity index (χ2n) is 3.62. The van der Waals surface area contributed by atoms with E-state index in [1.54, 1.807) is 0 Å². The number of fused-ring (bicyclic) bond motifs is 1. The van der Waals surface area contributed by atoms with Gasteiger partial charge >= 0.3 is 0 Å². The molecule has 1 aliphatic carbocycles. The summed E-state index contributed by atoms with van der Waals surface area (Å²) in [4.78, 5) is 0. The van der Waals surface area contributed by atoms with Crippen LogP contribution in [-0.4, -0.2) is 10.7 Å². The number of rotatable bonds is 0. The van der Waals surface area contributed by atoms with Crippen LogP contribution < -0.4 is 0 Å². The van der Waals surface area contributed by atoms with Crippen LogP contribution in [0.4, 0.5) is 4.39 Å². The number of nitrogens with zero attached hydrogens (tertiary/aromatic N) is 2. The van der Waals surface area contributed by atoms with Crippen molar-refractivity contribution in [3.8, 4) is 6.07 Å². The molecule has 0 N–H and O–H groups in total. The fourth-order valence-corrected chi connectivity index (χ4v) is 1.87. The van der Waals surface area contributed by atoms with Crippen molar-refractivity contribution < 1.29 is 4.39 Å². The van der Waals surface area contributed by atoms with Crippen LogP contribution in [0.2, 0.25) is 0 Å². The average molecular weight is 190 g/mol. The van der Waals surface area contributed by atoms with Crippen molar-refractivity contribution in [1.29, 1.82) is 5.26 Å². The lowest BCUT2D eigenvalue weighted by Gasteiger charge is -2.14. The Labute approximate surface area is 82.3 Å². The Morgan fingerprint density at radius 3 is 3.00 bits per heavy atom. The molecule has 72 valence electrons. The number of hydrogen-bond acceptors (Lipinski definition) is 1. The van der Waals surface area contributed by atoms with Gasteiger partial charge in [-0.25, -0.2) is 4.39 Å². The minimum absolute atomic E-state index is 0.380. The molecule has 3 heteroatoms. The van der Waals surface area contributed by atoms with Crippen molar-refractivity contribution in [3.05, 3.63) is 29.1 Å². The second kappa shape index (κ2) is 2.98. The van der Waals surface area contributed by atoms with E-state index in [9.17, 15) is 4.39 Å². The monoisotopic (exact) mass is 190 g/mol. The van der Waals surface area contributed by atoms with Crippen LogP contribution in [0.3, 0.4) is 0 Å². The van der Waals surface area contributed by atoms with Crippen molar-refractivity contribution >= 4 is 5.57 Å². The summed E-state index contributed by atoms with van der Waals surface area (Å²) >= 11 is 0. The highest BCUT2D eigenvalue weighted by Crippen LogP contribution is 2.29. The molecule has 0 bridgehead atoms. The van der Waals surface area contributed by atoms with Crippen LogP contribution in [0.1, 0.15) is 17.0 Å². The minimum Gasteiger partial charge on any atom is -0.351 e. The molecule has 0 aromatic carbocycles. The Balaban J connectivity index is 2.63. The van der Waals surface area contributed by atoms with Gasteiger partial charge in [-0.3, -0.25) is 0 Å². The zero-order chi connectivity index (χ0) is 10.3. The lowest BCUT2D eigenvalue weighted by Crippen LogP contribution is -2.12. The minimum atomic E-state index is -1.02. The molecule has 2 rings (SSSR count). The fourth-order valence-electron chi connectivity index (χ4n) is 1.87. The summed E-state index contributed by atoms with van der Waals surface area (Å²) < 4.78 is 15.2.